The first-order valence-electron chi connectivity index (χ1n) is 17.1. The van der Waals surface area contributed by atoms with Gasteiger partial charge in [-0.25, -0.2) is 0 Å². The van der Waals surface area contributed by atoms with E-state index in [0.717, 1.165) is 0 Å². The largest absolute Gasteiger partial charge is 0.0654 e. The fourth-order valence-electron chi connectivity index (χ4n) is 7.74. The second-order valence-corrected chi connectivity index (χ2v) is 14.4. The monoisotopic (exact) mass is 586 g/mol. The molecule has 0 radical (unpaired) electrons. The Labute approximate surface area is 270 Å². The van der Waals surface area contributed by atoms with E-state index in [-0.39, 0.29) is 10.8 Å². The molecule has 0 amide bonds. The van der Waals surface area contributed by atoms with Crippen LogP contribution in [0.4, 0.5) is 0 Å². The molecule has 1 aliphatic rings. The molecule has 0 spiro atoms. The third kappa shape index (κ3) is 5.29. The van der Waals surface area contributed by atoms with Gasteiger partial charge < -0.3 is 0 Å². The SMILES string of the molecule is CCCCC1(CCCC)c2cc(-c3ccc4cc(-c5ccc6ccccc6c5)ccc4c3)ccc2-c2ccc(C(C)(C)C)cc21. The average molecular weight is 587 g/mol. The fourth-order valence-corrected chi connectivity index (χ4v) is 7.74. The lowest BCUT2D eigenvalue weighted by Crippen LogP contribution is -2.26. The van der Waals surface area contributed by atoms with Crippen molar-refractivity contribution in [1.29, 1.82) is 0 Å². The summed E-state index contributed by atoms with van der Waals surface area (Å²) in [5.74, 6) is 0. The highest BCUT2D eigenvalue weighted by Gasteiger charge is 2.42. The van der Waals surface area contributed by atoms with Crippen LogP contribution in [-0.4, -0.2) is 0 Å². The van der Waals surface area contributed by atoms with E-state index in [0.29, 0.717) is 0 Å². The van der Waals surface area contributed by atoms with Gasteiger partial charge in [-0.15, -0.1) is 0 Å². The zero-order valence-corrected chi connectivity index (χ0v) is 27.7. The van der Waals surface area contributed by atoms with Gasteiger partial charge >= 0.3 is 0 Å². The van der Waals surface area contributed by atoms with Crippen LogP contribution in [0.25, 0.3) is 54.9 Å². The molecule has 0 saturated carbocycles. The summed E-state index contributed by atoms with van der Waals surface area (Å²) in [5.41, 5.74) is 12.9. The summed E-state index contributed by atoms with van der Waals surface area (Å²) < 4.78 is 0. The molecular formula is C45H46. The molecule has 0 aliphatic heterocycles. The number of hydrogen-bond donors (Lipinski definition) is 0. The Bertz CT molecular complexity index is 2010. The van der Waals surface area contributed by atoms with Crippen LogP contribution in [0, 0.1) is 0 Å². The molecule has 226 valence electrons. The minimum absolute atomic E-state index is 0.0829. The summed E-state index contributed by atoms with van der Waals surface area (Å²) in [6.07, 6.45) is 7.39. The fraction of sp³-hybridized carbons (Fsp3) is 0.289. The number of rotatable bonds is 8. The summed E-state index contributed by atoms with van der Waals surface area (Å²) in [6, 6.07) is 44.1. The van der Waals surface area contributed by atoms with Crippen molar-refractivity contribution in [2.24, 2.45) is 0 Å². The van der Waals surface area contributed by atoms with Crippen molar-refractivity contribution in [3.8, 4) is 33.4 Å². The Hall–Kier alpha value is -4.16. The molecule has 0 heterocycles. The van der Waals surface area contributed by atoms with E-state index in [1.54, 1.807) is 11.1 Å². The van der Waals surface area contributed by atoms with E-state index >= 15 is 0 Å². The van der Waals surface area contributed by atoms with Gasteiger partial charge in [-0.05, 0) is 114 Å². The van der Waals surface area contributed by atoms with Crippen LogP contribution in [-0.2, 0) is 10.8 Å². The van der Waals surface area contributed by atoms with Crippen molar-refractivity contribution < 1.29 is 0 Å². The van der Waals surface area contributed by atoms with Crippen molar-refractivity contribution in [2.75, 3.05) is 0 Å². The smallest absolute Gasteiger partial charge is 0.0215 e. The summed E-state index contributed by atoms with van der Waals surface area (Å²) in [7, 11) is 0. The molecule has 45 heavy (non-hydrogen) atoms. The van der Waals surface area contributed by atoms with Crippen LogP contribution < -0.4 is 0 Å². The van der Waals surface area contributed by atoms with E-state index in [2.05, 4.69) is 150 Å². The Morgan fingerprint density at radius 1 is 0.467 bits per heavy atom. The maximum atomic E-state index is 2.57. The molecule has 7 rings (SSSR count). The molecule has 0 aromatic heterocycles. The summed E-state index contributed by atoms with van der Waals surface area (Å²) >= 11 is 0. The molecule has 0 heteroatoms. The number of unbranched alkanes of at least 4 members (excludes halogenated alkanes) is 2. The molecule has 0 fully saturated rings. The van der Waals surface area contributed by atoms with Crippen LogP contribution in [0.1, 0.15) is 89.8 Å². The molecule has 0 saturated heterocycles. The van der Waals surface area contributed by atoms with E-state index in [1.165, 1.54) is 99.0 Å². The Balaban J connectivity index is 1.30. The van der Waals surface area contributed by atoms with Crippen molar-refractivity contribution in [3.05, 3.63) is 132 Å². The van der Waals surface area contributed by atoms with Crippen LogP contribution in [0.2, 0.25) is 0 Å². The highest BCUT2D eigenvalue weighted by molar-refractivity contribution is 5.94. The second kappa shape index (κ2) is 11.6. The van der Waals surface area contributed by atoms with E-state index in [4.69, 9.17) is 0 Å². The molecule has 6 aromatic rings. The number of hydrogen-bond acceptors (Lipinski definition) is 0. The Morgan fingerprint density at radius 2 is 0.911 bits per heavy atom. The van der Waals surface area contributed by atoms with Gasteiger partial charge in [0, 0.05) is 5.41 Å². The van der Waals surface area contributed by atoms with Crippen LogP contribution in [0.5, 0.6) is 0 Å². The third-order valence-electron chi connectivity index (χ3n) is 10.4. The normalized spacial score (nSPS) is 13.7. The molecule has 0 unspecified atom stereocenters. The van der Waals surface area contributed by atoms with Gasteiger partial charge in [0.15, 0.2) is 0 Å². The van der Waals surface area contributed by atoms with Gasteiger partial charge in [0.2, 0.25) is 0 Å². The second-order valence-electron chi connectivity index (χ2n) is 14.4. The molecule has 0 nitrogen and oxygen atoms in total. The predicted molar refractivity (Wildman–Crippen MR) is 196 cm³/mol. The lowest BCUT2D eigenvalue weighted by atomic mass is 9.69. The summed E-state index contributed by atoms with van der Waals surface area (Å²) in [4.78, 5) is 0. The van der Waals surface area contributed by atoms with Crippen molar-refractivity contribution >= 4 is 21.5 Å². The highest BCUT2D eigenvalue weighted by Crippen LogP contribution is 2.55. The van der Waals surface area contributed by atoms with Crippen LogP contribution in [0.15, 0.2) is 115 Å². The lowest BCUT2D eigenvalue weighted by molar-refractivity contribution is 0.413. The van der Waals surface area contributed by atoms with Crippen molar-refractivity contribution in [2.45, 2.75) is 84.0 Å². The minimum atomic E-state index is 0.0829. The third-order valence-corrected chi connectivity index (χ3v) is 10.4. The van der Waals surface area contributed by atoms with E-state index in [9.17, 15) is 0 Å². The van der Waals surface area contributed by atoms with Gasteiger partial charge in [-0.1, -0.05) is 151 Å². The zero-order chi connectivity index (χ0) is 31.2. The molecule has 0 atom stereocenters. The van der Waals surface area contributed by atoms with Crippen molar-refractivity contribution in [1.82, 2.24) is 0 Å². The van der Waals surface area contributed by atoms with Crippen LogP contribution in [0.3, 0.4) is 0 Å². The zero-order valence-electron chi connectivity index (χ0n) is 27.7. The highest BCUT2D eigenvalue weighted by atomic mass is 14.5. The van der Waals surface area contributed by atoms with E-state index < -0.39 is 0 Å². The molecule has 0 N–H and O–H groups in total. The number of benzene rings is 6. The van der Waals surface area contributed by atoms with Crippen molar-refractivity contribution in [3.63, 3.8) is 0 Å². The van der Waals surface area contributed by atoms with Gasteiger partial charge in [-0.3, -0.25) is 0 Å². The molecule has 6 aromatic carbocycles. The van der Waals surface area contributed by atoms with Gasteiger partial charge in [0.05, 0.1) is 0 Å². The lowest BCUT2D eigenvalue weighted by Gasteiger charge is -2.34. The quantitative estimate of drug-likeness (QED) is 0.166. The first-order valence-corrected chi connectivity index (χ1v) is 17.1. The number of fused-ring (bicyclic) bond motifs is 5. The average Bonchev–Trinajstić information content (AvgIpc) is 3.33. The van der Waals surface area contributed by atoms with Crippen LogP contribution >= 0.6 is 0 Å². The summed E-state index contributed by atoms with van der Waals surface area (Å²) in [6.45, 7) is 11.7. The Morgan fingerprint density at radius 3 is 1.47 bits per heavy atom. The molecule has 0 bridgehead atoms. The predicted octanol–water partition coefficient (Wildman–Crippen LogP) is 13.3. The molecular weight excluding hydrogens is 540 g/mol. The first-order chi connectivity index (χ1) is 21.8. The van der Waals surface area contributed by atoms with Gasteiger partial charge in [-0.2, -0.15) is 0 Å². The Kier molecular flexibility index (Phi) is 7.65. The van der Waals surface area contributed by atoms with Gasteiger partial charge in [0.1, 0.15) is 0 Å². The maximum absolute atomic E-state index is 2.57. The topological polar surface area (TPSA) is 0 Å². The maximum Gasteiger partial charge on any atom is 0.0215 e. The van der Waals surface area contributed by atoms with E-state index in [1.807, 2.05) is 0 Å². The van der Waals surface area contributed by atoms with Gasteiger partial charge in [0.25, 0.3) is 0 Å². The first kappa shape index (κ1) is 29.5. The minimum Gasteiger partial charge on any atom is -0.0654 e. The summed E-state index contributed by atoms with van der Waals surface area (Å²) in [5, 5.41) is 5.15. The standard InChI is InChI=1S/C45H46/c1-6-8-24-45(25-9-7-2)42-29-38(20-22-40(42)41-23-21-39(30-43(41)45)44(3,4)5)37-19-18-35-27-34(16-17-36(35)28-37)33-15-14-31-12-10-11-13-32(31)26-33/h10-23,26-30H,6-9,24-25H2,1-5H3. The molecule has 1 aliphatic carbocycles.